The first-order valence-corrected chi connectivity index (χ1v) is 10.5. The Labute approximate surface area is 179 Å². The average molecular weight is 442 g/mol. The van der Waals surface area contributed by atoms with Crippen molar-refractivity contribution in [3.05, 3.63) is 70.4 Å². The van der Waals surface area contributed by atoms with Gasteiger partial charge in [0.05, 0.1) is 21.5 Å². The summed E-state index contributed by atoms with van der Waals surface area (Å²) in [7, 11) is 0. The number of nitrogens with zero attached hydrogens (tertiary/aromatic N) is 3. The van der Waals surface area contributed by atoms with Crippen molar-refractivity contribution in [3.63, 3.8) is 0 Å². The number of carbonyl (C=O) groups excluding carboxylic acids is 1. The fourth-order valence-electron chi connectivity index (χ4n) is 4.01. The summed E-state index contributed by atoms with van der Waals surface area (Å²) in [6, 6.07) is 11.1. The maximum Gasteiger partial charge on any atom is 0.416 e. The number of aryl methyl sites for hydroxylation is 2. The Morgan fingerprint density at radius 1 is 1.16 bits per heavy atom. The molecule has 5 rings (SSSR count). The van der Waals surface area contributed by atoms with E-state index in [2.05, 4.69) is 15.4 Å². The van der Waals surface area contributed by atoms with E-state index in [-0.39, 0.29) is 12.3 Å². The summed E-state index contributed by atoms with van der Waals surface area (Å²) < 4.78 is 42.3. The quantitative estimate of drug-likeness (QED) is 0.440. The summed E-state index contributed by atoms with van der Waals surface area (Å²) in [4.78, 5) is 17.1. The van der Waals surface area contributed by atoms with Crippen LogP contribution in [-0.2, 0) is 11.0 Å². The van der Waals surface area contributed by atoms with Crippen molar-refractivity contribution in [1.29, 1.82) is 0 Å². The molecule has 0 saturated heterocycles. The van der Waals surface area contributed by atoms with Crippen LogP contribution in [0, 0.1) is 13.8 Å². The lowest BCUT2D eigenvalue weighted by molar-refractivity contribution is -0.137. The van der Waals surface area contributed by atoms with Crippen molar-refractivity contribution in [2.75, 3.05) is 5.32 Å². The zero-order chi connectivity index (χ0) is 21.9. The number of halogens is 3. The molecule has 0 bridgehead atoms. The molecule has 1 amide bonds. The fraction of sp³-hybridized carbons (Fsp3) is 0.227. The number of amides is 1. The highest BCUT2D eigenvalue weighted by Gasteiger charge is 2.35. The highest BCUT2D eigenvalue weighted by molar-refractivity contribution is 7.20. The minimum Gasteiger partial charge on any atom is -0.310 e. The first-order valence-electron chi connectivity index (χ1n) is 9.65. The molecule has 0 unspecified atom stereocenters. The maximum absolute atomic E-state index is 13.2. The van der Waals surface area contributed by atoms with Gasteiger partial charge in [-0.15, -0.1) is 0 Å². The van der Waals surface area contributed by atoms with Gasteiger partial charge in [0, 0.05) is 17.9 Å². The summed E-state index contributed by atoms with van der Waals surface area (Å²) in [5, 5.41) is 8.04. The molecule has 3 heterocycles. The van der Waals surface area contributed by atoms with Crippen LogP contribution in [0.5, 0.6) is 0 Å². The number of aromatic nitrogens is 3. The summed E-state index contributed by atoms with van der Waals surface area (Å²) in [6.07, 6.45) is -4.39. The van der Waals surface area contributed by atoms with Gasteiger partial charge >= 0.3 is 6.18 Å². The number of benzene rings is 2. The number of carbonyl (C=O) groups is 1. The van der Waals surface area contributed by atoms with E-state index in [1.807, 2.05) is 25.1 Å². The third-order valence-electron chi connectivity index (χ3n) is 5.43. The van der Waals surface area contributed by atoms with E-state index < -0.39 is 17.7 Å². The smallest absolute Gasteiger partial charge is 0.310 e. The van der Waals surface area contributed by atoms with E-state index >= 15 is 0 Å². The van der Waals surface area contributed by atoms with Crippen LogP contribution in [0.15, 0.2) is 42.5 Å². The second-order valence-corrected chi connectivity index (χ2v) is 8.66. The third-order valence-corrected chi connectivity index (χ3v) is 6.43. The second kappa shape index (κ2) is 6.91. The van der Waals surface area contributed by atoms with Crippen molar-refractivity contribution in [2.24, 2.45) is 0 Å². The largest absolute Gasteiger partial charge is 0.416 e. The van der Waals surface area contributed by atoms with E-state index in [9.17, 15) is 18.0 Å². The minimum atomic E-state index is -4.45. The number of rotatable bonds is 2. The van der Waals surface area contributed by atoms with Gasteiger partial charge in [0.25, 0.3) is 0 Å². The van der Waals surface area contributed by atoms with Crippen LogP contribution in [0.3, 0.4) is 0 Å². The lowest BCUT2D eigenvalue weighted by Gasteiger charge is -2.24. The van der Waals surface area contributed by atoms with Crippen molar-refractivity contribution in [3.8, 4) is 5.13 Å². The van der Waals surface area contributed by atoms with Crippen LogP contribution in [0.2, 0.25) is 0 Å². The molecule has 0 spiro atoms. The summed E-state index contributed by atoms with van der Waals surface area (Å²) in [5.41, 5.74) is 3.00. The standard InChI is InChI=1S/C22H17F3N4OS/c1-11-6-7-16-17(8-11)31-21(26-16)29-20-19(12(2)28-29)15(10-18(30)27-20)13-4-3-5-14(9-13)22(23,24)25/h3-9,15H,10H2,1-2H3,(H,27,30)/t15-/m1/s1. The SMILES string of the molecule is Cc1ccc2nc(-n3nc(C)c4c3NC(=O)C[C@@H]4c3cccc(C(F)(F)F)c3)sc2c1. The fourth-order valence-corrected chi connectivity index (χ4v) is 5.03. The molecule has 1 atom stereocenters. The van der Waals surface area contributed by atoms with E-state index in [1.165, 1.54) is 17.4 Å². The predicted molar refractivity (Wildman–Crippen MR) is 113 cm³/mol. The van der Waals surface area contributed by atoms with Gasteiger partial charge in [-0.3, -0.25) is 4.79 Å². The minimum absolute atomic E-state index is 0.0554. The summed E-state index contributed by atoms with van der Waals surface area (Å²) in [6.45, 7) is 3.80. The Morgan fingerprint density at radius 2 is 1.97 bits per heavy atom. The predicted octanol–water partition coefficient (Wildman–Crippen LogP) is 5.59. The van der Waals surface area contributed by atoms with Gasteiger partial charge in [-0.25, -0.2) is 4.98 Å². The summed E-state index contributed by atoms with van der Waals surface area (Å²) in [5.74, 6) is -0.323. The van der Waals surface area contributed by atoms with Crippen LogP contribution in [0.1, 0.15) is 40.3 Å². The molecule has 2 aromatic carbocycles. The lowest BCUT2D eigenvalue weighted by Crippen LogP contribution is -2.25. The Kier molecular flexibility index (Phi) is 4.40. The first-order chi connectivity index (χ1) is 14.7. The Morgan fingerprint density at radius 3 is 2.74 bits per heavy atom. The Hall–Kier alpha value is -3.20. The molecule has 9 heteroatoms. The molecular formula is C22H17F3N4OS. The number of alkyl halides is 3. The van der Waals surface area contributed by atoms with Crippen molar-refractivity contribution in [1.82, 2.24) is 14.8 Å². The highest BCUT2D eigenvalue weighted by atomic mass is 32.1. The number of fused-ring (bicyclic) bond motifs is 2. The van der Waals surface area contributed by atoms with Crippen molar-refractivity contribution < 1.29 is 18.0 Å². The Bertz CT molecular complexity index is 1340. The Balaban J connectivity index is 1.65. The van der Waals surface area contributed by atoms with E-state index in [0.717, 1.165) is 33.5 Å². The van der Waals surface area contributed by atoms with Gasteiger partial charge in [0.2, 0.25) is 11.0 Å². The summed E-state index contributed by atoms with van der Waals surface area (Å²) >= 11 is 1.44. The van der Waals surface area contributed by atoms with Gasteiger partial charge in [-0.05, 0) is 43.2 Å². The van der Waals surface area contributed by atoms with Gasteiger partial charge in [-0.2, -0.15) is 23.0 Å². The molecule has 4 aromatic rings. The molecule has 0 fully saturated rings. The number of anilines is 1. The van der Waals surface area contributed by atoms with Gasteiger partial charge in [0.15, 0.2) is 0 Å². The highest BCUT2D eigenvalue weighted by Crippen LogP contribution is 2.42. The van der Waals surface area contributed by atoms with Crippen LogP contribution in [-0.4, -0.2) is 20.7 Å². The third kappa shape index (κ3) is 3.38. The number of hydrogen-bond acceptors (Lipinski definition) is 4. The van der Waals surface area contributed by atoms with Crippen molar-refractivity contribution >= 4 is 33.3 Å². The lowest BCUT2D eigenvalue weighted by atomic mass is 9.85. The molecule has 0 aliphatic carbocycles. The van der Waals surface area contributed by atoms with Crippen LogP contribution in [0.4, 0.5) is 19.0 Å². The van der Waals surface area contributed by atoms with Gasteiger partial charge in [-0.1, -0.05) is 35.6 Å². The van der Waals surface area contributed by atoms with Gasteiger partial charge in [0.1, 0.15) is 5.82 Å². The molecule has 1 aliphatic heterocycles. The average Bonchev–Trinajstić information content (AvgIpc) is 3.27. The van der Waals surface area contributed by atoms with Crippen molar-refractivity contribution in [2.45, 2.75) is 32.4 Å². The molecule has 158 valence electrons. The number of hydrogen-bond donors (Lipinski definition) is 1. The molecule has 2 aromatic heterocycles. The van der Waals surface area contributed by atoms with Crippen LogP contribution < -0.4 is 5.32 Å². The first kappa shape index (κ1) is 19.7. The maximum atomic E-state index is 13.2. The monoisotopic (exact) mass is 442 g/mol. The zero-order valence-corrected chi connectivity index (χ0v) is 17.4. The molecule has 1 N–H and O–H groups in total. The zero-order valence-electron chi connectivity index (χ0n) is 16.6. The second-order valence-electron chi connectivity index (χ2n) is 7.66. The van der Waals surface area contributed by atoms with E-state index in [4.69, 9.17) is 0 Å². The van der Waals surface area contributed by atoms with Gasteiger partial charge < -0.3 is 5.32 Å². The van der Waals surface area contributed by atoms with Crippen LogP contribution >= 0.6 is 11.3 Å². The topological polar surface area (TPSA) is 59.8 Å². The molecule has 0 radical (unpaired) electrons. The number of thiazole rings is 1. The normalized spacial score (nSPS) is 16.4. The van der Waals surface area contributed by atoms with Crippen LogP contribution in [0.25, 0.3) is 15.3 Å². The molecule has 31 heavy (non-hydrogen) atoms. The molecular weight excluding hydrogens is 425 g/mol. The molecule has 1 aliphatic rings. The molecule has 5 nitrogen and oxygen atoms in total. The van der Waals surface area contributed by atoms with E-state index in [1.54, 1.807) is 17.7 Å². The van der Waals surface area contributed by atoms with E-state index in [0.29, 0.717) is 22.2 Å². The number of nitrogens with one attached hydrogen (secondary N) is 1. The molecule has 0 saturated carbocycles.